The van der Waals surface area contributed by atoms with Crippen molar-refractivity contribution < 1.29 is 14.4 Å². The van der Waals surface area contributed by atoms with Gasteiger partial charge in [-0.25, -0.2) is 4.79 Å². The Balaban J connectivity index is 1.33. The molecular formula is C27H34N4O3. The molecule has 0 spiro atoms. The van der Waals surface area contributed by atoms with Gasteiger partial charge in [-0.15, -0.1) is 0 Å². The zero-order valence-corrected chi connectivity index (χ0v) is 20.2. The van der Waals surface area contributed by atoms with Crippen LogP contribution >= 0.6 is 0 Å². The van der Waals surface area contributed by atoms with Crippen LogP contribution in [-0.4, -0.2) is 78.9 Å². The predicted molar refractivity (Wildman–Crippen MR) is 133 cm³/mol. The van der Waals surface area contributed by atoms with Crippen LogP contribution in [-0.2, 0) is 15.0 Å². The third-order valence-electron chi connectivity index (χ3n) is 7.19. The van der Waals surface area contributed by atoms with Crippen LogP contribution in [0.1, 0.15) is 31.7 Å². The van der Waals surface area contributed by atoms with E-state index in [9.17, 15) is 14.4 Å². The lowest BCUT2D eigenvalue weighted by Gasteiger charge is -2.43. The summed E-state index contributed by atoms with van der Waals surface area (Å²) < 4.78 is 0. The predicted octanol–water partition coefficient (Wildman–Crippen LogP) is 3.36. The fourth-order valence-electron chi connectivity index (χ4n) is 5.11. The van der Waals surface area contributed by atoms with E-state index in [1.165, 1.54) is 17.6 Å². The Bertz CT molecular complexity index is 1010. The van der Waals surface area contributed by atoms with Crippen LogP contribution in [0.15, 0.2) is 60.7 Å². The number of imide groups is 2. The zero-order chi connectivity index (χ0) is 24.1. The highest BCUT2D eigenvalue weighted by atomic mass is 16.2. The molecule has 0 N–H and O–H groups in total. The van der Waals surface area contributed by atoms with Gasteiger partial charge in [0.1, 0.15) is 0 Å². The van der Waals surface area contributed by atoms with Gasteiger partial charge in [-0.3, -0.25) is 24.3 Å². The first-order valence-corrected chi connectivity index (χ1v) is 12.2. The number of anilines is 1. The van der Waals surface area contributed by atoms with Crippen molar-refractivity contribution in [2.45, 2.75) is 31.6 Å². The standard InChI is InChI=1S/C27H34N4O3/c1-3-27(22-12-6-4-7-13-22)24(32)28(2)26(34)31(25(27)33)17-11-10-16-29-18-20-30(21-19-29)23-14-8-5-9-15-23/h4-9,12-15H,3,10-11,16-21H2,1-2H3. The summed E-state index contributed by atoms with van der Waals surface area (Å²) in [5.74, 6) is -0.838. The maximum absolute atomic E-state index is 13.6. The Kier molecular flexibility index (Phi) is 7.32. The molecule has 2 aliphatic heterocycles. The molecule has 0 radical (unpaired) electrons. The lowest BCUT2D eigenvalue weighted by molar-refractivity contribution is -0.151. The zero-order valence-electron chi connectivity index (χ0n) is 20.2. The van der Waals surface area contributed by atoms with Crippen LogP contribution < -0.4 is 4.90 Å². The number of hydrogen-bond donors (Lipinski definition) is 0. The molecule has 7 heteroatoms. The Hall–Kier alpha value is -3.19. The Morgan fingerprint density at radius 1 is 0.765 bits per heavy atom. The van der Waals surface area contributed by atoms with E-state index in [-0.39, 0.29) is 0 Å². The van der Waals surface area contributed by atoms with E-state index in [4.69, 9.17) is 0 Å². The molecule has 2 aliphatic rings. The monoisotopic (exact) mass is 462 g/mol. The molecule has 4 rings (SSSR count). The summed E-state index contributed by atoms with van der Waals surface area (Å²) in [6.45, 7) is 7.09. The lowest BCUT2D eigenvalue weighted by atomic mass is 9.74. The van der Waals surface area contributed by atoms with Gasteiger partial charge < -0.3 is 4.90 Å². The average molecular weight is 463 g/mol. The number of hydrogen-bond acceptors (Lipinski definition) is 5. The molecule has 4 amide bonds. The number of carbonyl (C=O) groups excluding carboxylic acids is 3. The van der Waals surface area contributed by atoms with Gasteiger partial charge >= 0.3 is 6.03 Å². The normalized spacial score (nSPS) is 21.9. The molecule has 1 atom stereocenters. The quantitative estimate of drug-likeness (QED) is 0.445. The van der Waals surface area contributed by atoms with Crippen molar-refractivity contribution >= 4 is 23.5 Å². The summed E-state index contributed by atoms with van der Waals surface area (Å²) in [7, 11) is 1.48. The second-order valence-electron chi connectivity index (χ2n) is 9.10. The van der Waals surface area contributed by atoms with Gasteiger partial charge in [0.15, 0.2) is 5.41 Å². The molecule has 2 fully saturated rings. The Morgan fingerprint density at radius 3 is 1.97 bits per heavy atom. The highest BCUT2D eigenvalue weighted by Gasteiger charge is 2.56. The van der Waals surface area contributed by atoms with E-state index in [1.807, 2.05) is 31.2 Å². The minimum absolute atomic E-state index is 0.314. The third-order valence-corrected chi connectivity index (χ3v) is 7.19. The van der Waals surface area contributed by atoms with E-state index in [2.05, 4.69) is 34.1 Å². The smallest absolute Gasteiger partial charge is 0.333 e. The highest BCUT2D eigenvalue weighted by Crippen LogP contribution is 2.36. The van der Waals surface area contributed by atoms with Gasteiger partial charge in [-0.05, 0) is 43.5 Å². The number of nitrogens with zero attached hydrogens (tertiary/aromatic N) is 4. The second kappa shape index (κ2) is 10.4. The average Bonchev–Trinajstić information content (AvgIpc) is 2.89. The van der Waals surface area contributed by atoms with Gasteiger partial charge in [-0.2, -0.15) is 0 Å². The van der Waals surface area contributed by atoms with Gasteiger partial charge in [0, 0.05) is 45.5 Å². The van der Waals surface area contributed by atoms with Crippen LogP contribution in [0.25, 0.3) is 0 Å². The van der Waals surface area contributed by atoms with Crippen molar-refractivity contribution in [3.05, 3.63) is 66.2 Å². The molecule has 1 unspecified atom stereocenters. The summed E-state index contributed by atoms with van der Waals surface area (Å²) >= 11 is 0. The van der Waals surface area contributed by atoms with Crippen molar-refractivity contribution in [2.24, 2.45) is 0 Å². The first-order chi connectivity index (χ1) is 16.5. The molecule has 7 nitrogen and oxygen atoms in total. The fraction of sp³-hybridized carbons (Fsp3) is 0.444. The number of para-hydroxylation sites is 1. The van der Waals surface area contributed by atoms with E-state index < -0.39 is 23.3 Å². The van der Waals surface area contributed by atoms with Gasteiger partial charge in [-0.1, -0.05) is 55.5 Å². The largest absolute Gasteiger partial charge is 0.369 e. The summed E-state index contributed by atoms with van der Waals surface area (Å²) in [5, 5.41) is 0. The molecule has 0 saturated carbocycles. The number of carbonyl (C=O) groups is 3. The van der Waals surface area contributed by atoms with Crippen molar-refractivity contribution in [1.29, 1.82) is 0 Å². The molecular weight excluding hydrogens is 428 g/mol. The molecule has 2 aromatic carbocycles. The van der Waals surface area contributed by atoms with Gasteiger partial charge in [0.05, 0.1) is 0 Å². The first-order valence-electron chi connectivity index (χ1n) is 12.2. The summed E-state index contributed by atoms with van der Waals surface area (Å²) in [5.41, 5.74) is 0.575. The number of amides is 4. The number of barbiturate groups is 1. The van der Waals surface area contributed by atoms with Gasteiger partial charge in [0.2, 0.25) is 0 Å². The van der Waals surface area contributed by atoms with Crippen LogP contribution in [0.4, 0.5) is 10.5 Å². The Morgan fingerprint density at radius 2 is 1.35 bits per heavy atom. The first kappa shape index (κ1) is 24.0. The third kappa shape index (κ3) is 4.44. The molecule has 180 valence electrons. The molecule has 2 saturated heterocycles. The maximum Gasteiger partial charge on any atom is 0.333 e. The summed E-state index contributed by atoms with van der Waals surface area (Å²) in [6.07, 6.45) is 1.92. The van der Waals surface area contributed by atoms with E-state index in [1.54, 1.807) is 12.1 Å². The van der Waals surface area contributed by atoms with Crippen molar-refractivity contribution in [1.82, 2.24) is 14.7 Å². The molecule has 2 heterocycles. The SMILES string of the molecule is CCC1(c2ccccc2)C(=O)N(C)C(=O)N(CCCCN2CCN(c3ccccc3)CC2)C1=O. The number of piperazine rings is 1. The number of urea groups is 1. The van der Waals surface area contributed by atoms with Crippen molar-refractivity contribution in [2.75, 3.05) is 51.2 Å². The van der Waals surface area contributed by atoms with Crippen LogP contribution in [0.3, 0.4) is 0 Å². The lowest BCUT2D eigenvalue weighted by Crippen LogP contribution is -2.66. The van der Waals surface area contributed by atoms with Crippen LogP contribution in [0.2, 0.25) is 0 Å². The minimum Gasteiger partial charge on any atom is -0.369 e. The number of unbranched alkanes of at least 4 members (excludes halogenated alkanes) is 1. The molecule has 34 heavy (non-hydrogen) atoms. The molecule has 0 aromatic heterocycles. The number of rotatable bonds is 8. The van der Waals surface area contributed by atoms with E-state index in [0.29, 0.717) is 24.9 Å². The second-order valence-corrected chi connectivity index (χ2v) is 9.10. The number of likely N-dealkylation sites (N-methyl/N-ethyl adjacent to an activating group) is 1. The highest BCUT2D eigenvalue weighted by molar-refractivity contribution is 6.22. The van der Waals surface area contributed by atoms with Crippen molar-refractivity contribution in [3.63, 3.8) is 0 Å². The van der Waals surface area contributed by atoms with E-state index >= 15 is 0 Å². The van der Waals surface area contributed by atoms with E-state index in [0.717, 1.165) is 44.0 Å². The molecule has 2 aromatic rings. The maximum atomic E-state index is 13.6. The van der Waals surface area contributed by atoms with Crippen LogP contribution in [0, 0.1) is 0 Å². The summed E-state index contributed by atoms with van der Waals surface area (Å²) in [4.78, 5) is 46.8. The molecule has 0 aliphatic carbocycles. The summed E-state index contributed by atoms with van der Waals surface area (Å²) in [6, 6.07) is 19.1. The van der Waals surface area contributed by atoms with Crippen molar-refractivity contribution in [3.8, 4) is 0 Å². The fourth-order valence-corrected chi connectivity index (χ4v) is 5.11. The van der Waals surface area contributed by atoms with Crippen LogP contribution in [0.5, 0.6) is 0 Å². The number of benzene rings is 2. The topological polar surface area (TPSA) is 64.2 Å². The minimum atomic E-state index is -1.34. The Labute approximate surface area is 201 Å². The molecule has 0 bridgehead atoms. The van der Waals surface area contributed by atoms with Gasteiger partial charge in [0.25, 0.3) is 11.8 Å².